The van der Waals surface area contributed by atoms with Crippen molar-refractivity contribution in [1.29, 1.82) is 0 Å². The lowest BCUT2D eigenvalue weighted by Crippen LogP contribution is -2.57. The van der Waals surface area contributed by atoms with Crippen LogP contribution in [0, 0.1) is 12.8 Å². The van der Waals surface area contributed by atoms with E-state index in [-0.39, 0.29) is 24.3 Å². The molecule has 8 nitrogen and oxygen atoms in total. The second-order valence-electron chi connectivity index (χ2n) is 10.6. The van der Waals surface area contributed by atoms with Crippen LogP contribution in [0.1, 0.15) is 43.4 Å². The highest BCUT2D eigenvalue weighted by atomic mass is 16.5. The fourth-order valence-corrected chi connectivity index (χ4v) is 5.57. The molecule has 198 valence electrons. The standard InChI is InChI=1S/C29H37N3O5/c1-20(2)19-31-27(35)29(32(28(31)36)12-9-22-5-7-25(37-4)8-6-22)10-13-30(14-11-29)24-16-21(3)15-23(17-24)18-26(33)34/h5-8,15-17,20H,9-14,18-19H2,1-4H3,(H,33,34). The molecule has 0 unspecified atom stereocenters. The number of urea groups is 1. The third-order valence-corrected chi connectivity index (χ3v) is 7.39. The van der Waals surface area contributed by atoms with Crippen LogP contribution in [-0.2, 0) is 22.4 Å². The van der Waals surface area contributed by atoms with Crippen molar-refractivity contribution in [2.45, 2.75) is 52.0 Å². The molecular formula is C29H37N3O5. The number of amides is 3. The molecule has 0 atom stereocenters. The summed E-state index contributed by atoms with van der Waals surface area (Å²) in [6, 6.07) is 13.5. The van der Waals surface area contributed by atoms with Crippen molar-refractivity contribution >= 4 is 23.6 Å². The molecule has 0 radical (unpaired) electrons. The summed E-state index contributed by atoms with van der Waals surface area (Å²) >= 11 is 0. The van der Waals surface area contributed by atoms with Crippen LogP contribution in [0.3, 0.4) is 0 Å². The SMILES string of the molecule is COc1ccc(CCN2C(=O)N(CC(C)C)C(=O)C23CCN(c2cc(C)cc(CC(=O)O)c2)CC3)cc1. The molecule has 0 aromatic heterocycles. The molecule has 2 saturated heterocycles. The average molecular weight is 508 g/mol. The number of hydrogen-bond acceptors (Lipinski definition) is 5. The van der Waals surface area contributed by atoms with E-state index in [1.54, 1.807) is 7.11 Å². The third-order valence-electron chi connectivity index (χ3n) is 7.39. The summed E-state index contributed by atoms with van der Waals surface area (Å²) in [6.45, 7) is 8.11. The lowest BCUT2D eigenvalue weighted by atomic mass is 9.85. The summed E-state index contributed by atoms with van der Waals surface area (Å²) in [7, 11) is 1.63. The second-order valence-corrected chi connectivity index (χ2v) is 10.6. The normalized spacial score (nSPS) is 17.3. The van der Waals surface area contributed by atoms with E-state index in [0.717, 1.165) is 28.1 Å². The van der Waals surface area contributed by atoms with Gasteiger partial charge in [-0.15, -0.1) is 0 Å². The Bertz CT molecular complexity index is 1150. The zero-order valence-electron chi connectivity index (χ0n) is 22.2. The molecule has 2 aromatic rings. The monoisotopic (exact) mass is 507 g/mol. The van der Waals surface area contributed by atoms with Crippen LogP contribution in [0.5, 0.6) is 5.75 Å². The van der Waals surface area contributed by atoms with Gasteiger partial charge in [0.1, 0.15) is 11.3 Å². The number of ether oxygens (including phenoxy) is 1. The number of carbonyl (C=O) groups excluding carboxylic acids is 2. The van der Waals surface area contributed by atoms with Crippen LogP contribution in [0.4, 0.5) is 10.5 Å². The van der Waals surface area contributed by atoms with E-state index in [4.69, 9.17) is 4.74 Å². The topological polar surface area (TPSA) is 90.4 Å². The number of carboxylic acid groups (broad SMARTS) is 1. The summed E-state index contributed by atoms with van der Waals surface area (Å²) in [5.41, 5.74) is 2.97. The first kappa shape index (κ1) is 26.5. The van der Waals surface area contributed by atoms with Crippen molar-refractivity contribution in [3.8, 4) is 5.75 Å². The van der Waals surface area contributed by atoms with Crippen molar-refractivity contribution in [2.24, 2.45) is 5.92 Å². The van der Waals surface area contributed by atoms with Gasteiger partial charge >= 0.3 is 12.0 Å². The number of aliphatic carboxylic acids is 1. The van der Waals surface area contributed by atoms with E-state index in [1.807, 2.05) is 62.1 Å². The van der Waals surface area contributed by atoms with Gasteiger partial charge in [-0.3, -0.25) is 14.5 Å². The fraction of sp³-hybridized carbons (Fsp3) is 0.483. The van der Waals surface area contributed by atoms with Crippen LogP contribution >= 0.6 is 0 Å². The Morgan fingerprint density at radius 1 is 1.05 bits per heavy atom. The number of carboxylic acids is 1. The summed E-state index contributed by atoms with van der Waals surface area (Å²) in [4.78, 5) is 44.0. The first-order valence-electron chi connectivity index (χ1n) is 13.0. The first-order chi connectivity index (χ1) is 17.6. The lowest BCUT2D eigenvalue weighted by Gasteiger charge is -2.43. The Hall–Kier alpha value is -3.55. The zero-order valence-corrected chi connectivity index (χ0v) is 22.2. The maximum atomic E-state index is 13.8. The third kappa shape index (κ3) is 5.58. The van der Waals surface area contributed by atoms with Crippen LogP contribution < -0.4 is 9.64 Å². The number of aryl methyl sites for hydroxylation is 1. The summed E-state index contributed by atoms with van der Waals surface area (Å²) < 4.78 is 5.25. The zero-order chi connectivity index (χ0) is 26.7. The minimum Gasteiger partial charge on any atom is -0.497 e. The van der Waals surface area contributed by atoms with Gasteiger partial charge in [0.15, 0.2) is 0 Å². The molecule has 0 saturated carbocycles. The highest BCUT2D eigenvalue weighted by molar-refractivity contribution is 6.07. The predicted molar refractivity (Wildman–Crippen MR) is 142 cm³/mol. The largest absolute Gasteiger partial charge is 0.497 e. The van der Waals surface area contributed by atoms with E-state index >= 15 is 0 Å². The molecule has 3 amide bonds. The van der Waals surface area contributed by atoms with Gasteiger partial charge in [-0.1, -0.05) is 32.0 Å². The number of hydrogen-bond donors (Lipinski definition) is 1. The predicted octanol–water partition coefficient (Wildman–Crippen LogP) is 4.13. The number of anilines is 1. The van der Waals surface area contributed by atoms with E-state index in [0.29, 0.717) is 45.4 Å². The van der Waals surface area contributed by atoms with Gasteiger partial charge in [0, 0.05) is 31.9 Å². The van der Waals surface area contributed by atoms with Crippen LogP contribution in [0.15, 0.2) is 42.5 Å². The summed E-state index contributed by atoms with van der Waals surface area (Å²) in [5.74, 6) is 0.0238. The summed E-state index contributed by atoms with van der Waals surface area (Å²) in [6.07, 6.45) is 1.71. The molecule has 0 aliphatic carbocycles. The highest BCUT2D eigenvalue weighted by Crippen LogP contribution is 2.39. The molecule has 2 heterocycles. The van der Waals surface area contributed by atoms with Crippen molar-refractivity contribution in [1.82, 2.24) is 9.80 Å². The van der Waals surface area contributed by atoms with E-state index in [2.05, 4.69) is 11.0 Å². The van der Waals surface area contributed by atoms with Gasteiger partial charge in [0.05, 0.1) is 13.5 Å². The van der Waals surface area contributed by atoms with Crippen molar-refractivity contribution < 1.29 is 24.2 Å². The average Bonchev–Trinajstić information content (AvgIpc) is 3.03. The van der Waals surface area contributed by atoms with Crippen LogP contribution in [0.2, 0.25) is 0 Å². The van der Waals surface area contributed by atoms with Crippen LogP contribution in [0.25, 0.3) is 0 Å². The van der Waals surface area contributed by atoms with Crippen molar-refractivity contribution in [3.63, 3.8) is 0 Å². The molecule has 2 aliphatic rings. The molecule has 0 bridgehead atoms. The first-order valence-corrected chi connectivity index (χ1v) is 13.0. The van der Waals surface area contributed by atoms with Gasteiger partial charge in [-0.25, -0.2) is 4.79 Å². The molecule has 37 heavy (non-hydrogen) atoms. The molecule has 8 heteroatoms. The molecule has 2 aromatic carbocycles. The molecule has 1 N–H and O–H groups in total. The van der Waals surface area contributed by atoms with Crippen molar-refractivity contribution in [2.75, 3.05) is 38.2 Å². The molecule has 2 aliphatic heterocycles. The Morgan fingerprint density at radius 2 is 1.73 bits per heavy atom. The van der Waals surface area contributed by atoms with Gasteiger partial charge in [0.2, 0.25) is 0 Å². The highest BCUT2D eigenvalue weighted by Gasteiger charge is 2.57. The quantitative estimate of drug-likeness (QED) is 0.513. The van der Waals surface area contributed by atoms with Crippen LogP contribution in [-0.4, -0.2) is 71.6 Å². The molecule has 1 spiro atoms. The minimum absolute atomic E-state index is 0.0251. The number of imide groups is 1. The number of rotatable bonds is 9. The minimum atomic E-state index is -0.859. The molecular weight excluding hydrogens is 470 g/mol. The number of piperidine rings is 1. The number of benzene rings is 2. The Labute approximate surface area is 218 Å². The molecule has 2 fully saturated rings. The number of methoxy groups -OCH3 is 1. The van der Waals surface area contributed by atoms with Gasteiger partial charge in [-0.2, -0.15) is 0 Å². The Balaban J connectivity index is 1.55. The molecule has 4 rings (SSSR count). The maximum Gasteiger partial charge on any atom is 0.327 e. The Kier molecular flexibility index (Phi) is 7.76. The fourth-order valence-electron chi connectivity index (χ4n) is 5.57. The number of nitrogens with zero attached hydrogens (tertiary/aromatic N) is 3. The van der Waals surface area contributed by atoms with E-state index in [1.165, 1.54) is 4.90 Å². The Morgan fingerprint density at radius 3 is 2.32 bits per heavy atom. The second kappa shape index (κ2) is 10.8. The van der Waals surface area contributed by atoms with Gasteiger partial charge < -0.3 is 19.6 Å². The van der Waals surface area contributed by atoms with Gasteiger partial charge in [0.25, 0.3) is 5.91 Å². The maximum absolute atomic E-state index is 13.8. The van der Waals surface area contributed by atoms with Gasteiger partial charge in [-0.05, 0) is 73.1 Å². The van der Waals surface area contributed by atoms with E-state index < -0.39 is 11.5 Å². The van der Waals surface area contributed by atoms with E-state index in [9.17, 15) is 19.5 Å². The lowest BCUT2D eigenvalue weighted by molar-refractivity contribution is -0.136. The number of carbonyl (C=O) groups is 3. The van der Waals surface area contributed by atoms with Crippen molar-refractivity contribution in [3.05, 3.63) is 59.2 Å². The summed E-state index contributed by atoms with van der Waals surface area (Å²) in [5, 5.41) is 9.23. The smallest absolute Gasteiger partial charge is 0.327 e.